The largest absolute Gasteiger partial charge is 0.454 e. The van der Waals surface area contributed by atoms with Crippen molar-refractivity contribution >= 4 is 27.6 Å². The summed E-state index contributed by atoms with van der Waals surface area (Å²) >= 11 is 0. The van der Waals surface area contributed by atoms with E-state index in [9.17, 15) is 0 Å². The molecule has 0 saturated carbocycles. The maximum Gasteiger partial charge on any atom is 0.158 e. The smallest absolute Gasteiger partial charge is 0.158 e. The highest BCUT2D eigenvalue weighted by Crippen LogP contribution is 2.31. The molecule has 2 nitrogen and oxygen atoms in total. The van der Waals surface area contributed by atoms with Gasteiger partial charge in [-0.25, -0.2) is 0 Å². The molecule has 0 aliphatic carbocycles. The summed E-state index contributed by atoms with van der Waals surface area (Å²) in [6, 6.07) is 25.8. The molecule has 20 heavy (non-hydrogen) atoms. The Hall–Kier alpha value is -2.74. The summed E-state index contributed by atoms with van der Waals surface area (Å²) in [7, 11) is 0. The summed E-state index contributed by atoms with van der Waals surface area (Å²) in [6.07, 6.45) is 0. The molecule has 0 aliphatic rings. The van der Waals surface area contributed by atoms with E-state index in [-0.39, 0.29) is 0 Å². The molecule has 4 aromatic rings. The number of hydrogen-bond donors (Lipinski definition) is 1. The molecule has 1 aromatic heterocycles. The van der Waals surface area contributed by atoms with Gasteiger partial charge in [0.1, 0.15) is 5.58 Å². The van der Waals surface area contributed by atoms with Gasteiger partial charge in [0, 0.05) is 10.8 Å². The number of para-hydroxylation sites is 2. The molecule has 98 valence electrons. The molecular weight excluding hydrogens is 246 g/mol. The number of nitrogens with two attached hydrogens (primary N) is 1. The van der Waals surface area contributed by atoms with E-state index in [2.05, 4.69) is 0 Å². The van der Waals surface area contributed by atoms with E-state index in [1.165, 1.54) is 0 Å². The second-order valence-corrected chi connectivity index (χ2v) is 4.48. The molecule has 0 aliphatic heterocycles. The Kier molecular flexibility index (Phi) is 3.38. The Morgan fingerprint density at radius 2 is 1.20 bits per heavy atom. The van der Waals surface area contributed by atoms with Gasteiger partial charge in [0.25, 0.3) is 0 Å². The molecule has 2 heteroatoms. The third-order valence-corrected chi connectivity index (χ3v) is 3.10. The summed E-state index contributed by atoms with van der Waals surface area (Å²) in [5.41, 5.74) is 8.19. The molecule has 1 heterocycles. The molecule has 0 unspecified atom stereocenters. The second kappa shape index (κ2) is 5.49. The van der Waals surface area contributed by atoms with Crippen molar-refractivity contribution in [2.45, 2.75) is 0 Å². The van der Waals surface area contributed by atoms with E-state index in [0.29, 0.717) is 5.69 Å². The first-order chi connectivity index (χ1) is 9.86. The van der Waals surface area contributed by atoms with Crippen LogP contribution in [0.4, 0.5) is 5.69 Å². The molecule has 0 spiro atoms. The summed E-state index contributed by atoms with van der Waals surface area (Å²) in [4.78, 5) is 0. The third-order valence-electron chi connectivity index (χ3n) is 3.10. The molecule has 0 bridgehead atoms. The van der Waals surface area contributed by atoms with Gasteiger partial charge in [0.05, 0.1) is 5.69 Å². The van der Waals surface area contributed by atoms with Crippen LogP contribution >= 0.6 is 0 Å². The lowest BCUT2D eigenvalue weighted by molar-refractivity contribution is 0.670. The Bertz CT molecular complexity index is 792. The second-order valence-electron chi connectivity index (χ2n) is 4.48. The molecule has 2 N–H and O–H groups in total. The van der Waals surface area contributed by atoms with Gasteiger partial charge in [-0.1, -0.05) is 66.7 Å². The molecule has 4 rings (SSSR count). The first kappa shape index (κ1) is 12.3. The Labute approximate surface area is 117 Å². The van der Waals surface area contributed by atoms with Gasteiger partial charge in [-0.3, -0.25) is 0 Å². The van der Waals surface area contributed by atoms with Crippen molar-refractivity contribution in [1.82, 2.24) is 0 Å². The Morgan fingerprint density at radius 3 is 1.90 bits per heavy atom. The first-order valence-electron chi connectivity index (χ1n) is 6.52. The summed E-state index contributed by atoms with van der Waals surface area (Å²) in [6.45, 7) is 0. The van der Waals surface area contributed by atoms with E-state index in [1.807, 2.05) is 78.9 Å². The Morgan fingerprint density at radius 1 is 0.600 bits per heavy atom. The van der Waals surface area contributed by atoms with Gasteiger partial charge in [0.2, 0.25) is 0 Å². The zero-order chi connectivity index (χ0) is 13.8. The van der Waals surface area contributed by atoms with E-state index >= 15 is 0 Å². The number of fused-ring (bicyclic) bond motifs is 3. The lowest BCUT2D eigenvalue weighted by atomic mass is 10.1. The van der Waals surface area contributed by atoms with Crippen LogP contribution in [0, 0.1) is 0 Å². The van der Waals surface area contributed by atoms with Crippen molar-refractivity contribution in [3.63, 3.8) is 0 Å². The van der Waals surface area contributed by atoms with Crippen LogP contribution in [0.15, 0.2) is 83.3 Å². The zero-order valence-corrected chi connectivity index (χ0v) is 11.0. The van der Waals surface area contributed by atoms with Crippen LogP contribution in [0.3, 0.4) is 0 Å². The van der Waals surface area contributed by atoms with Gasteiger partial charge in [-0.05, 0) is 12.1 Å². The minimum atomic E-state index is 0.693. The normalized spacial score (nSPS) is 10.2. The van der Waals surface area contributed by atoms with Gasteiger partial charge >= 0.3 is 0 Å². The van der Waals surface area contributed by atoms with E-state index in [4.69, 9.17) is 10.2 Å². The van der Waals surface area contributed by atoms with Gasteiger partial charge < -0.3 is 10.2 Å². The van der Waals surface area contributed by atoms with Gasteiger partial charge in [0.15, 0.2) is 5.58 Å². The van der Waals surface area contributed by atoms with Crippen LogP contribution in [0.5, 0.6) is 0 Å². The minimum Gasteiger partial charge on any atom is -0.454 e. The van der Waals surface area contributed by atoms with Gasteiger partial charge in [-0.15, -0.1) is 0 Å². The molecule has 0 amide bonds. The summed E-state index contributed by atoms with van der Waals surface area (Å²) in [5.74, 6) is 0. The molecule has 0 atom stereocenters. The molecule has 0 radical (unpaired) electrons. The molecule has 0 saturated heterocycles. The highest BCUT2D eigenvalue weighted by Gasteiger charge is 2.06. The fourth-order valence-corrected chi connectivity index (χ4v) is 2.15. The van der Waals surface area contributed by atoms with Crippen molar-refractivity contribution in [3.8, 4) is 0 Å². The predicted molar refractivity (Wildman–Crippen MR) is 84.6 cm³/mol. The highest BCUT2D eigenvalue weighted by molar-refractivity contribution is 6.08. The number of rotatable bonds is 0. The standard InChI is InChI=1S/C12H9NO.C6H6/c13-10-6-3-5-9-8-4-1-2-7-11(8)14-12(9)10;1-2-4-6-5-3-1/h1-7H,13H2;1-6H. The van der Waals surface area contributed by atoms with E-state index < -0.39 is 0 Å². The van der Waals surface area contributed by atoms with Crippen molar-refractivity contribution < 1.29 is 4.42 Å². The number of furan rings is 1. The zero-order valence-electron chi connectivity index (χ0n) is 11.0. The van der Waals surface area contributed by atoms with Crippen LogP contribution in [-0.2, 0) is 0 Å². The quantitative estimate of drug-likeness (QED) is 0.459. The SMILES string of the molecule is Nc1cccc2c1oc1ccccc12.c1ccccc1. The number of hydrogen-bond acceptors (Lipinski definition) is 2. The molecular formula is C18H15NO. The average molecular weight is 261 g/mol. The number of nitrogen functional groups attached to an aromatic ring is 1. The topological polar surface area (TPSA) is 39.2 Å². The maximum atomic E-state index is 5.83. The molecule has 3 aromatic carbocycles. The van der Waals surface area contributed by atoms with E-state index in [0.717, 1.165) is 21.9 Å². The fourth-order valence-electron chi connectivity index (χ4n) is 2.15. The third kappa shape index (κ3) is 2.36. The van der Waals surface area contributed by atoms with Crippen LogP contribution in [0.1, 0.15) is 0 Å². The van der Waals surface area contributed by atoms with Crippen LogP contribution < -0.4 is 5.73 Å². The fraction of sp³-hybridized carbons (Fsp3) is 0. The highest BCUT2D eigenvalue weighted by atomic mass is 16.3. The lowest BCUT2D eigenvalue weighted by Gasteiger charge is -1.91. The lowest BCUT2D eigenvalue weighted by Crippen LogP contribution is -1.82. The predicted octanol–water partition coefficient (Wildman–Crippen LogP) is 4.85. The van der Waals surface area contributed by atoms with E-state index in [1.54, 1.807) is 0 Å². The Balaban J connectivity index is 0.000000170. The van der Waals surface area contributed by atoms with Crippen molar-refractivity contribution in [2.75, 3.05) is 5.73 Å². The monoisotopic (exact) mass is 261 g/mol. The van der Waals surface area contributed by atoms with Gasteiger partial charge in [-0.2, -0.15) is 0 Å². The van der Waals surface area contributed by atoms with Crippen molar-refractivity contribution in [3.05, 3.63) is 78.9 Å². The van der Waals surface area contributed by atoms with Crippen LogP contribution in [0.25, 0.3) is 21.9 Å². The summed E-state index contributed by atoms with van der Waals surface area (Å²) < 4.78 is 5.66. The first-order valence-corrected chi connectivity index (χ1v) is 6.52. The number of benzene rings is 3. The number of anilines is 1. The molecule has 0 fully saturated rings. The van der Waals surface area contributed by atoms with Crippen molar-refractivity contribution in [2.24, 2.45) is 0 Å². The van der Waals surface area contributed by atoms with Crippen LogP contribution in [-0.4, -0.2) is 0 Å². The van der Waals surface area contributed by atoms with Crippen LogP contribution in [0.2, 0.25) is 0 Å². The average Bonchev–Trinajstić information content (AvgIpc) is 2.90. The van der Waals surface area contributed by atoms with Crippen molar-refractivity contribution in [1.29, 1.82) is 0 Å². The minimum absolute atomic E-state index is 0.693. The maximum absolute atomic E-state index is 5.83. The summed E-state index contributed by atoms with van der Waals surface area (Å²) in [5, 5.41) is 2.20.